The molecule has 4 rings (SSSR count). The monoisotopic (exact) mass is 400 g/mol. The molecule has 0 spiro atoms. The number of epoxide rings is 1. The van der Waals surface area contributed by atoms with Crippen LogP contribution in [0.2, 0.25) is 0 Å². The molecule has 29 heavy (non-hydrogen) atoms. The fourth-order valence-corrected chi connectivity index (χ4v) is 4.23. The van der Waals surface area contributed by atoms with Gasteiger partial charge in [-0.05, 0) is 38.3 Å². The van der Waals surface area contributed by atoms with Gasteiger partial charge in [-0.15, -0.1) is 0 Å². The van der Waals surface area contributed by atoms with E-state index in [-0.39, 0.29) is 12.0 Å². The Labute approximate surface area is 168 Å². The topological polar surface area (TPSA) is 95.3 Å². The Morgan fingerprint density at radius 3 is 2.79 bits per heavy atom. The Kier molecular flexibility index (Phi) is 4.73. The molecule has 1 fully saturated rings. The van der Waals surface area contributed by atoms with Crippen molar-refractivity contribution in [1.82, 2.24) is 0 Å². The lowest BCUT2D eigenvalue weighted by Crippen LogP contribution is -2.26. The first-order valence-corrected chi connectivity index (χ1v) is 9.71. The second-order valence-electron chi connectivity index (χ2n) is 8.31. The summed E-state index contributed by atoms with van der Waals surface area (Å²) < 4.78 is 22.9. The maximum atomic E-state index is 12.5. The molecule has 1 saturated heterocycles. The molecular formula is C22H24O7. The quantitative estimate of drug-likeness (QED) is 0.333. The molecule has 3 aliphatic heterocycles. The second kappa shape index (κ2) is 6.99. The Bertz CT molecular complexity index is 924. The van der Waals surface area contributed by atoms with Crippen LogP contribution in [0.5, 0.6) is 0 Å². The summed E-state index contributed by atoms with van der Waals surface area (Å²) in [6.07, 6.45) is 2.14. The van der Waals surface area contributed by atoms with E-state index in [0.29, 0.717) is 41.9 Å². The van der Waals surface area contributed by atoms with Gasteiger partial charge in [0, 0.05) is 19.8 Å². The lowest BCUT2D eigenvalue weighted by molar-refractivity contribution is -0.147. The lowest BCUT2D eigenvalue weighted by atomic mass is 9.87. The molecule has 0 aromatic carbocycles. The zero-order chi connectivity index (χ0) is 20.9. The van der Waals surface area contributed by atoms with Crippen LogP contribution in [0.4, 0.5) is 0 Å². The summed E-state index contributed by atoms with van der Waals surface area (Å²) in [6.45, 7) is 9.13. The average Bonchev–Trinajstić information content (AvgIpc) is 2.97. The third kappa shape index (κ3) is 3.67. The van der Waals surface area contributed by atoms with Crippen LogP contribution in [-0.4, -0.2) is 36.0 Å². The molecule has 0 N–H and O–H groups in total. The summed E-state index contributed by atoms with van der Waals surface area (Å²) in [6, 6.07) is 1.71. The number of esters is 2. The van der Waals surface area contributed by atoms with Crippen LogP contribution in [0.1, 0.15) is 61.6 Å². The van der Waals surface area contributed by atoms with Gasteiger partial charge in [-0.1, -0.05) is 12.2 Å². The first-order valence-electron chi connectivity index (χ1n) is 9.71. The summed E-state index contributed by atoms with van der Waals surface area (Å²) in [5.74, 6) is 0.00368. The second-order valence-corrected chi connectivity index (χ2v) is 8.31. The number of hydrogen-bond acceptors (Lipinski definition) is 7. The molecule has 3 aliphatic rings. The van der Waals surface area contributed by atoms with Crippen molar-refractivity contribution in [3.8, 4) is 0 Å². The minimum absolute atomic E-state index is 0.169. The first kappa shape index (κ1) is 19.6. The lowest BCUT2D eigenvalue weighted by Gasteiger charge is -2.23. The Balaban J connectivity index is 1.76. The van der Waals surface area contributed by atoms with E-state index < -0.39 is 29.7 Å². The van der Waals surface area contributed by atoms with E-state index in [1.807, 2.05) is 13.8 Å². The van der Waals surface area contributed by atoms with Crippen LogP contribution in [0.15, 0.2) is 34.3 Å². The van der Waals surface area contributed by atoms with Crippen LogP contribution in [-0.2, 0) is 30.2 Å². The molecule has 7 nitrogen and oxygen atoms in total. The van der Waals surface area contributed by atoms with Gasteiger partial charge in [0.15, 0.2) is 6.29 Å². The van der Waals surface area contributed by atoms with Gasteiger partial charge in [0.1, 0.15) is 35.4 Å². The van der Waals surface area contributed by atoms with Gasteiger partial charge in [-0.3, -0.25) is 9.59 Å². The minimum Gasteiger partial charge on any atom is -0.462 e. The van der Waals surface area contributed by atoms with Crippen molar-refractivity contribution < 1.29 is 33.0 Å². The number of aldehydes is 1. The van der Waals surface area contributed by atoms with E-state index in [2.05, 4.69) is 6.58 Å². The number of allylic oxidation sites excluding steroid dienone is 1. The van der Waals surface area contributed by atoms with Crippen molar-refractivity contribution in [2.45, 2.75) is 63.9 Å². The van der Waals surface area contributed by atoms with Crippen LogP contribution >= 0.6 is 0 Å². The van der Waals surface area contributed by atoms with Gasteiger partial charge in [-0.2, -0.15) is 0 Å². The van der Waals surface area contributed by atoms with Crippen LogP contribution < -0.4 is 0 Å². The fraction of sp³-hybridized carbons (Fsp3) is 0.500. The number of furan rings is 1. The zero-order valence-electron chi connectivity index (χ0n) is 16.7. The summed E-state index contributed by atoms with van der Waals surface area (Å²) in [5, 5.41) is 0. The van der Waals surface area contributed by atoms with E-state index in [1.165, 1.54) is 6.92 Å². The summed E-state index contributed by atoms with van der Waals surface area (Å²) in [4.78, 5) is 35.8. The molecular weight excluding hydrogens is 376 g/mol. The molecule has 154 valence electrons. The fourth-order valence-electron chi connectivity index (χ4n) is 4.23. The van der Waals surface area contributed by atoms with E-state index in [1.54, 1.807) is 12.1 Å². The van der Waals surface area contributed by atoms with Crippen LogP contribution in [0, 0.1) is 5.92 Å². The molecule has 1 aromatic rings. The van der Waals surface area contributed by atoms with Gasteiger partial charge in [0.05, 0.1) is 11.1 Å². The highest BCUT2D eigenvalue weighted by atomic mass is 16.6. The number of ether oxygens (including phenoxy) is 3. The summed E-state index contributed by atoms with van der Waals surface area (Å²) in [7, 11) is 0. The molecule has 1 aromatic heterocycles. The van der Waals surface area contributed by atoms with Gasteiger partial charge in [0.25, 0.3) is 0 Å². The van der Waals surface area contributed by atoms with Crippen LogP contribution in [0.25, 0.3) is 0 Å². The third-order valence-corrected chi connectivity index (χ3v) is 5.88. The predicted octanol–water partition coefficient (Wildman–Crippen LogP) is 3.23. The van der Waals surface area contributed by atoms with Gasteiger partial charge < -0.3 is 18.6 Å². The Morgan fingerprint density at radius 1 is 1.38 bits per heavy atom. The van der Waals surface area contributed by atoms with E-state index in [0.717, 1.165) is 11.9 Å². The molecule has 0 radical (unpaired) electrons. The number of rotatable bonds is 3. The average molecular weight is 400 g/mol. The van der Waals surface area contributed by atoms with Crippen LogP contribution in [0.3, 0.4) is 0 Å². The van der Waals surface area contributed by atoms with Gasteiger partial charge in [-0.25, -0.2) is 4.79 Å². The van der Waals surface area contributed by atoms with Crippen molar-refractivity contribution in [3.63, 3.8) is 0 Å². The zero-order valence-corrected chi connectivity index (χ0v) is 16.7. The largest absolute Gasteiger partial charge is 0.462 e. The van der Waals surface area contributed by atoms with Crippen molar-refractivity contribution in [2.75, 3.05) is 0 Å². The van der Waals surface area contributed by atoms with E-state index in [9.17, 15) is 14.4 Å². The van der Waals surface area contributed by atoms with E-state index >= 15 is 0 Å². The SMILES string of the molecule is C=C(C)[C@@H]1Cc2oc(cc2C=O)[C@@H]2O[C@]2(C)C[C@@H]2C=C(C(=O)O2)[C@@H](OC(C)=O)C1. The van der Waals surface area contributed by atoms with Gasteiger partial charge >= 0.3 is 11.9 Å². The maximum Gasteiger partial charge on any atom is 0.338 e. The molecule has 0 amide bonds. The molecule has 4 bridgehead atoms. The molecule has 0 saturated carbocycles. The summed E-state index contributed by atoms with van der Waals surface area (Å²) >= 11 is 0. The molecule has 5 atom stereocenters. The highest BCUT2D eigenvalue weighted by molar-refractivity contribution is 5.92. The van der Waals surface area contributed by atoms with Crippen molar-refractivity contribution in [1.29, 1.82) is 0 Å². The number of fused-ring (bicyclic) bond motifs is 5. The first-order chi connectivity index (χ1) is 13.7. The number of hydrogen-bond donors (Lipinski definition) is 0. The smallest absolute Gasteiger partial charge is 0.338 e. The predicted molar refractivity (Wildman–Crippen MR) is 101 cm³/mol. The van der Waals surface area contributed by atoms with Crippen molar-refractivity contribution in [3.05, 3.63) is 47.0 Å². The third-order valence-electron chi connectivity index (χ3n) is 5.88. The normalized spacial score (nSPS) is 33.2. The molecule has 0 aliphatic carbocycles. The maximum absolute atomic E-state index is 12.5. The number of carbonyl (C=O) groups excluding carboxylic acids is 3. The minimum atomic E-state index is -0.759. The number of carbonyl (C=O) groups is 3. The van der Waals surface area contributed by atoms with Gasteiger partial charge in [0.2, 0.25) is 0 Å². The molecule has 7 heteroatoms. The molecule has 0 unspecified atom stereocenters. The standard InChI is InChI=1S/C22H24O7/c1-11(2)13-5-17-14(10-23)7-19(28-17)20-22(4,29-20)9-15-8-16(21(25)27-15)18(6-13)26-12(3)24/h7-8,10,13,15,18,20H,1,5-6,9H2,2-4H3/t13-,15+,18+,20+,22-/m1/s1. The highest BCUT2D eigenvalue weighted by Crippen LogP contribution is 2.54. The van der Waals surface area contributed by atoms with Crippen molar-refractivity contribution >= 4 is 18.2 Å². The van der Waals surface area contributed by atoms with E-state index in [4.69, 9.17) is 18.6 Å². The Hall–Kier alpha value is -2.67. The summed E-state index contributed by atoms with van der Waals surface area (Å²) in [5.41, 5.74) is 1.08. The Morgan fingerprint density at radius 2 is 2.14 bits per heavy atom. The highest BCUT2D eigenvalue weighted by Gasteiger charge is 2.57. The molecule has 4 heterocycles. The van der Waals surface area contributed by atoms with Crippen molar-refractivity contribution in [2.24, 2.45) is 5.92 Å².